The number of anilines is 1. The molecule has 0 saturated carbocycles. The average molecular weight is 216 g/mol. The van der Waals surface area contributed by atoms with E-state index in [4.69, 9.17) is 10.5 Å². The van der Waals surface area contributed by atoms with Crippen molar-refractivity contribution in [2.45, 2.75) is 26.4 Å². The maximum atomic E-state index is 5.89. The van der Waals surface area contributed by atoms with Crippen molar-refractivity contribution in [3.8, 4) is 5.75 Å². The molecule has 0 aliphatic carbocycles. The van der Waals surface area contributed by atoms with Gasteiger partial charge in [0.15, 0.2) is 0 Å². The maximum absolute atomic E-state index is 5.89. The lowest BCUT2D eigenvalue weighted by Crippen LogP contribution is -2.23. The number of hydrogen-bond acceptors (Lipinski definition) is 3. The molecule has 0 spiro atoms. The molecule has 1 aromatic carbocycles. The molecule has 2 N–H and O–H groups in total. The number of benzene rings is 1. The van der Waals surface area contributed by atoms with E-state index in [1.807, 2.05) is 39.0 Å². The van der Waals surface area contributed by atoms with Gasteiger partial charge in [-0.15, -0.1) is 0 Å². The summed E-state index contributed by atoms with van der Waals surface area (Å²) in [5.41, 5.74) is 6.40. The lowest BCUT2D eigenvalue weighted by atomic mass is 10.1. The Hall–Kier alpha value is -1.77. The van der Waals surface area contributed by atoms with Gasteiger partial charge < -0.3 is 10.5 Å². The second kappa shape index (κ2) is 3.67. The number of pyridine rings is 1. The van der Waals surface area contributed by atoms with Crippen molar-refractivity contribution in [2.24, 2.45) is 0 Å². The van der Waals surface area contributed by atoms with Crippen molar-refractivity contribution >= 4 is 16.5 Å². The van der Waals surface area contributed by atoms with Gasteiger partial charge in [0.25, 0.3) is 0 Å². The summed E-state index contributed by atoms with van der Waals surface area (Å²) in [6.45, 7) is 6.07. The number of nitrogens with two attached hydrogens (primary N) is 1. The molecule has 0 fully saturated rings. The Labute approximate surface area is 95.2 Å². The molecule has 16 heavy (non-hydrogen) atoms. The quantitative estimate of drug-likeness (QED) is 0.745. The summed E-state index contributed by atoms with van der Waals surface area (Å²) in [6, 6.07) is 5.68. The zero-order valence-electron chi connectivity index (χ0n) is 9.82. The summed E-state index contributed by atoms with van der Waals surface area (Å²) in [4.78, 5) is 4.08. The van der Waals surface area contributed by atoms with Gasteiger partial charge in [0.2, 0.25) is 0 Å². The van der Waals surface area contributed by atoms with E-state index < -0.39 is 0 Å². The smallest absolute Gasteiger partial charge is 0.128 e. The predicted molar refractivity (Wildman–Crippen MR) is 66.5 cm³/mol. The molecule has 3 nitrogen and oxygen atoms in total. The normalized spacial score (nSPS) is 11.7. The zero-order chi connectivity index (χ0) is 11.8. The first kappa shape index (κ1) is 10.7. The summed E-state index contributed by atoms with van der Waals surface area (Å²) in [5.74, 6) is 0.846. The molecular weight excluding hydrogens is 200 g/mol. The lowest BCUT2D eigenvalue weighted by Gasteiger charge is -2.22. The van der Waals surface area contributed by atoms with Gasteiger partial charge in [0, 0.05) is 28.9 Å². The Balaban J connectivity index is 2.59. The third kappa shape index (κ3) is 2.08. The molecule has 1 heterocycles. The van der Waals surface area contributed by atoms with Crippen molar-refractivity contribution in [2.75, 3.05) is 5.73 Å². The van der Waals surface area contributed by atoms with Crippen LogP contribution in [0.15, 0.2) is 30.6 Å². The zero-order valence-corrected chi connectivity index (χ0v) is 9.82. The standard InChI is InChI=1S/C13H16N2O/c1-13(2,3)16-12-5-4-11(14)10-8-15-7-6-9(10)12/h4-8H,14H2,1-3H3. The second-order valence-electron chi connectivity index (χ2n) is 4.79. The molecule has 0 aliphatic heterocycles. The van der Waals surface area contributed by atoms with E-state index in [2.05, 4.69) is 4.98 Å². The summed E-state index contributed by atoms with van der Waals surface area (Å²) in [6.07, 6.45) is 3.51. The first-order chi connectivity index (χ1) is 7.47. The van der Waals surface area contributed by atoms with Crippen LogP contribution < -0.4 is 10.5 Å². The van der Waals surface area contributed by atoms with Crippen LogP contribution in [0.2, 0.25) is 0 Å². The molecule has 0 bridgehead atoms. The number of aromatic nitrogens is 1. The number of ether oxygens (including phenoxy) is 1. The summed E-state index contributed by atoms with van der Waals surface area (Å²) < 4.78 is 5.89. The van der Waals surface area contributed by atoms with Gasteiger partial charge in [-0.3, -0.25) is 4.98 Å². The van der Waals surface area contributed by atoms with Gasteiger partial charge in [0.05, 0.1) is 0 Å². The first-order valence-corrected chi connectivity index (χ1v) is 5.28. The molecule has 0 saturated heterocycles. The monoisotopic (exact) mass is 216 g/mol. The Kier molecular flexibility index (Phi) is 2.46. The number of fused-ring (bicyclic) bond motifs is 1. The molecule has 3 heteroatoms. The van der Waals surface area contributed by atoms with Gasteiger partial charge in [-0.05, 0) is 39.0 Å². The van der Waals surface area contributed by atoms with E-state index in [1.165, 1.54) is 0 Å². The van der Waals surface area contributed by atoms with Crippen LogP contribution in [0.5, 0.6) is 5.75 Å². The van der Waals surface area contributed by atoms with Crippen molar-refractivity contribution in [1.82, 2.24) is 4.98 Å². The summed E-state index contributed by atoms with van der Waals surface area (Å²) in [7, 11) is 0. The topological polar surface area (TPSA) is 48.1 Å². The van der Waals surface area contributed by atoms with E-state index in [-0.39, 0.29) is 5.60 Å². The third-order valence-electron chi connectivity index (χ3n) is 2.23. The van der Waals surface area contributed by atoms with Crippen LogP contribution in [0, 0.1) is 0 Å². The average Bonchev–Trinajstić information content (AvgIpc) is 2.21. The molecule has 84 valence electrons. The Morgan fingerprint density at radius 2 is 1.88 bits per heavy atom. The maximum Gasteiger partial charge on any atom is 0.128 e. The van der Waals surface area contributed by atoms with Crippen molar-refractivity contribution < 1.29 is 4.74 Å². The van der Waals surface area contributed by atoms with Crippen LogP contribution in [0.3, 0.4) is 0 Å². The molecule has 0 atom stereocenters. The highest BCUT2D eigenvalue weighted by Gasteiger charge is 2.14. The van der Waals surface area contributed by atoms with Gasteiger partial charge in [0.1, 0.15) is 11.4 Å². The second-order valence-corrected chi connectivity index (χ2v) is 4.79. The largest absolute Gasteiger partial charge is 0.488 e. The number of nitrogen functional groups attached to an aromatic ring is 1. The fraction of sp³-hybridized carbons (Fsp3) is 0.308. The van der Waals surface area contributed by atoms with E-state index >= 15 is 0 Å². The third-order valence-corrected chi connectivity index (χ3v) is 2.23. The Morgan fingerprint density at radius 3 is 2.56 bits per heavy atom. The predicted octanol–water partition coefficient (Wildman–Crippen LogP) is 2.99. The Morgan fingerprint density at radius 1 is 1.12 bits per heavy atom. The molecule has 0 amide bonds. The highest BCUT2D eigenvalue weighted by molar-refractivity contribution is 5.96. The SMILES string of the molecule is CC(C)(C)Oc1ccc(N)c2cnccc12. The van der Waals surface area contributed by atoms with Gasteiger partial charge >= 0.3 is 0 Å². The van der Waals surface area contributed by atoms with Crippen LogP contribution in [-0.2, 0) is 0 Å². The van der Waals surface area contributed by atoms with E-state index in [0.717, 1.165) is 22.2 Å². The fourth-order valence-corrected chi connectivity index (χ4v) is 1.60. The molecule has 1 aromatic heterocycles. The van der Waals surface area contributed by atoms with Crippen LogP contribution in [0.4, 0.5) is 5.69 Å². The molecule has 0 radical (unpaired) electrons. The summed E-state index contributed by atoms with van der Waals surface area (Å²) >= 11 is 0. The van der Waals surface area contributed by atoms with Crippen LogP contribution in [0.1, 0.15) is 20.8 Å². The van der Waals surface area contributed by atoms with Gasteiger partial charge in [-0.1, -0.05) is 0 Å². The minimum atomic E-state index is -0.216. The molecule has 0 aliphatic rings. The number of hydrogen-bond donors (Lipinski definition) is 1. The molecule has 2 rings (SSSR count). The Bertz CT molecular complexity index is 515. The lowest BCUT2D eigenvalue weighted by molar-refractivity contribution is 0.133. The minimum absolute atomic E-state index is 0.216. The molecule has 0 unspecified atom stereocenters. The molecule has 2 aromatic rings. The summed E-state index contributed by atoms with van der Waals surface area (Å²) in [5, 5.41) is 1.94. The van der Waals surface area contributed by atoms with Crippen molar-refractivity contribution in [1.29, 1.82) is 0 Å². The van der Waals surface area contributed by atoms with Gasteiger partial charge in [-0.25, -0.2) is 0 Å². The fourth-order valence-electron chi connectivity index (χ4n) is 1.60. The van der Waals surface area contributed by atoms with Crippen LogP contribution >= 0.6 is 0 Å². The van der Waals surface area contributed by atoms with Crippen molar-refractivity contribution in [3.05, 3.63) is 30.6 Å². The van der Waals surface area contributed by atoms with E-state index in [9.17, 15) is 0 Å². The van der Waals surface area contributed by atoms with Crippen LogP contribution in [-0.4, -0.2) is 10.6 Å². The number of rotatable bonds is 1. The van der Waals surface area contributed by atoms with E-state index in [0.29, 0.717) is 0 Å². The highest BCUT2D eigenvalue weighted by Crippen LogP contribution is 2.31. The van der Waals surface area contributed by atoms with Crippen molar-refractivity contribution in [3.63, 3.8) is 0 Å². The minimum Gasteiger partial charge on any atom is -0.488 e. The number of nitrogens with zero attached hydrogens (tertiary/aromatic N) is 1. The first-order valence-electron chi connectivity index (χ1n) is 5.28. The molecular formula is C13H16N2O. The van der Waals surface area contributed by atoms with Crippen LogP contribution in [0.25, 0.3) is 10.8 Å². The van der Waals surface area contributed by atoms with E-state index in [1.54, 1.807) is 12.4 Å². The van der Waals surface area contributed by atoms with Gasteiger partial charge in [-0.2, -0.15) is 0 Å². The highest BCUT2D eigenvalue weighted by atomic mass is 16.5.